The van der Waals surface area contributed by atoms with Gasteiger partial charge in [0.15, 0.2) is 0 Å². The Balaban J connectivity index is 1.93. The Hall–Kier alpha value is -2.33. The van der Waals surface area contributed by atoms with Gasteiger partial charge in [0.25, 0.3) is 0 Å². The number of ether oxygens (including phenoxy) is 1. The van der Waals surface area contributed by atoms with Crippen LogP contribution in [0.1, 0.15) is 108 Å². The van der Waals surface area contributed by atoms with Crippen LogP contribution in [-0.2, 0) is 16.8 Å². The van der Waals surface area contributed by atoms with E-state index in [4.69, 9.17) is 4.74 Å². The summed E-state index contributed by atoms with van der Waals surface area (Å²) in [5, 5.41) is 10.5. The highest BCUT2D eigenvalue weighted by Crippen LogP contribution is 2.40. The average Bonchev–Trinajstić information content (AvgIpc) is 2.86. The monoisotopic (exact) mass is 479 g/mol. The predicted octanol–water partition coefficient (Wildman–Crippen LogP) is 7.34. The Morgan fingerprint density at radius 1 is 1.06 bits per heavy atom. The summed E-state index contributed by atoms with van der Waals surface area (Å²) in [6, 6.07) is 16.6. The van der Waals surface area contributed by atoms with Crippen LogP contribution >= 0.6 is 0 Å². The second-order valence-electron chi connectivity index (χ2n) is 10.8. The molecule has 4 nitrogen and oxygen atoms in total. The van der Waals surface area contributed by atoms with E-state index in [9.17, 15) is 9.90 Å². The minimum atomic E-state index is -0.401. The Kier molecular flexibility index (Phi) is 10.2. The number of rotatable bonds is 12. The van der Waals surface area contributed by atoms with Crippen LogP contribution in [-0.4, -0.2) is 28.6 Å². The van der Waals surface area contributed by atoms with E-state index in [0.29, 0.717) is 32.4 Å². The lowest BCUT2D eigenvalue weighted by Crippen LogP contribution is -2.42. The van der Waals surface area contributed by atoms with Gasteiger partial charge in [-0.15, -0.1) is 0 Å². The molecule has 0 aliphatic carbocycles. The van der Waals surface area contributed by atoms with Gasteiger partial charge in [0.2, 0.25) is 5.91 Å². The Labute approximate surface area is 212 Å². The van der Waals surface area contributed by atoms with Crippen molar-refractivity contribution in [2.75, 3.05) is 6.54 Å². The number of piperidine rings is 1. The van der Waals surface area contributed by atoms with Crippen molar-refractivity contribution >= 4 is 5.91 Å². The van der Waals surface area contributed by atoms with E-state index in [1.54, 1.807) is 0 Å². The molecule has 1 aliphatic rings. The topological polar surface area (TPSA) is 49.8 Å². The molecule has 0 unspecified atom stereocenters. The summed E-state index contributed by atoms with van der Waals surface area (Å²) in [5.41, 5.74) is 3.43. The first-order valence-electron chi connectivity index (χ1n) is 13.6. The average molecular weight is 480 g/mol. The number of carbonyl (C=O) groups is 1. The van der Waals surface area contributed by atoms with E-state index in [2.05, 4.69) is 51.1 Å². The second-order valence-corrected chi connectivity index (χ2v) is 10.8. The zero-order valence-corrected chi connectivity index (χ0v) is 22.3. The van der Waals surface area contributed by atoms with E-state index >= 15 is 0 Å². The van der Waals surface area contributed by atoms with Crippen molar-refractivity contribution in [3.05, 3.63) is 65.2 Å². The molecule has 192 valence electrons. The second kappa shape index (κ2) is 13.1. The van der Waals surface area contributed by atoms with Gasteiger partial charge >= 0.3 is 0 Å². The number of amides is 1. The molecule has 35 heavy (non-hydrogen) atoms. The van der Waals surface area contributed by atoms with Crippen LogP contribution in [0.15, 0.2) is 48.5 Å². The third-order valence-electron chi connectivity index (χ3n) is 7.41. The molecule has 1 fully saturated rings. The van der Waals surface area contributed by atoms with Gasteiger partial charge in [-0.1, -0.05) is 95.8 Å². The van der Waals surface area contributed by atoms with Gasteiger partial charge in [-0.2, -0.15) is 0 Å². The maximum Gasteiger partial charge on any atom is 0.223 e. The van der Waals surface area contributed by atoms with Crippen molar-refractivity contribution in [3.8, 4) is 5.75 Å². The maximum absolute atomic E-state index is 13.0. The van der Waals surface area contributed by atoms with E-state index in [0.717, 1.165) is 29.7 Å². The minimum Gasteiger partial charge on any atom is -0.489 e. The van der Waals surface area contributed by atoms with Crippen molar-refractivity contribution in [2.24, 2.45) is 0 Å². The molecule has 0 bridgehead atoms. The molecule has 0 radical (unpaired) electrons. The van der Waals surface area contributed by atoms with Gasteiger partial charge in [-0.05, 0) is 48.3 Å². The fourth-order valence-electron chi connectivity index (χ4n) is 5.13. The third kappa shape index (κ3) is 7.57. The minimum absolute atomic E-state index is 0.0426. The summed E-state index contributed by atoms with van der Waals surface area (Å²) in [6.07, 6.45) is 8.30. The zero-order valence-electron chi connectivity index (χ0n) is 22.3. The number of carbonyl (C=O) groups excluding carboxylic acids is 1. The predicted molar refractivity (Wildman–Crippen MR) is 144 cm³/mol. The standard InChI is InChI=1S/C31H45NO3/c1-5-7-8-12-19-31(3,4)25-16-17-27(29(21-25)35-23-24-14-10-9-11-15-24)28-22-26(33)18-20-32(28)30(34)13-6-2/h9-11,14-17,21,26,28,33H,5-8,12-13,18-20,22-23H2,1-4H3/t26-,28+/m0/s1. The molecule has 1 heterocycles. The molecular formula is C31H45NO3. The van der Waals surface area contributed by atoms with Gasteiger partial charge in [0.1, 0.15) is 12.4 Å². The van der Waals surface area contributed by atoms with Gasteiger partial charge in [0.05, 0.1) is 12.1 Å². The number of aliphatic hydroxyl groups is 1. The molecule has 4 heteroatoms. The van der Waals surface area contributed by atoms with E-state index in [1.165, 1.54) is 31.2 Å². The fourth-order valence-corrected chi connectivity index (χ4v) is 5.13. The molecule has 2 atom stereocenters. The number of unbranched alkanes of at least 4 members (excludes halogenated alkanes) is 3. The molecule has 3 rings (SSSR count). The van der Waals surface area contributed by atoms with Crippen LogP contribution in [0.3, 0.4) is 0 Å². The summed E-state index contributed by atoms with van der Waals surface area (Å²) in [4.78, 5) is 14.9. The first-order valence-corrected chi connectivity index (χ1v) is 13.6. The van der Waals surface area contributed by atoms with Crippen LogP contribution in [0, 0.1) is 0 Å². The summed E-state index contributed by atoms with van der Waals surface area (Å²) < 4.78 is 6.46. The molecule has 0 aromatic heterocycles. The molecule has 2 aromatic carbocycles. The van der Waals surface area contributed by atoms with Crippen LogP contribution in [0.4, 0.5) is 0 Å². The quantitative estimate of drug-likeness (QED) is 0.324. The molecule has 1 amide bonds. The van der Waals surface area contributed by atoms with E-state index < -0.39 is 6.10 Å². The Morgan fingerprint density at radius 2 is 1.83 bits per heavy atom. The summed E-state index contributed by atoms with van der Waals surface area (Å²) in [7, 11) is 0. The smallest absolute Gasteiger partial charge is 0.223 e. The Morgan fingerprint density at radius 3 is 2.54 bits per heavy atom. The van der Waals surface area contributed by atoms with Crippen molar-refractivity contribution in [1.82, 2.24) is 4.90 Å². The van der Waals surface area contributed by atoms with Crippen molar-refractivity contribution < 1.29 is 14.6 Å². The molecule has 1 saturated heterocycles. The van der Waals surface area contributed by atoms with Crippen LogP contribution in [0.5, 0.6) is 5.75 Å². The molecule has 1 N–H and O–H groups in total. The molecule has 0 saturated carbocycles. The molecule has 2 aromatic rings. The summed E-state index contributed by atoms with van der Waals surface area (Å²) in [6.45, 7) is 9.99. The van der Waals surface area contributed by atoms with E-state index in [-0.39, 0.29) is 17.4 Å². The fraction of sp³-hybridized carbons (Fsp3) is 0.581. The number of aliphatic hydroxyl groups excluding tert-OH is 1. The summed E-state index contributed by atoms with van der Waals surface area (Å²) >= 11 is 0. The number of benzene rings is 2. The largest absolute Gasteiger partial charge is 0.489 e. The molecular weight excluding hydrogens is 434 g/mol. The van der Waals surface area contributed by atoms with Crippen molar-refractivity contribution in [2.45, 2.75) is 110 Å². The highest BCUT2D eigenvalue weighted by atomic mass is 16.5. The van der Waals surface area contributed by atoms with Crippen LogP contribution in [0.2, 0.25) is 0 Å². The van der Waals surface area contributed by atoms with Gasteiger partial charge < -0.3 is 14.7 Å². The summed E-state index contributed by atoms with van der Waals surface area (Å²) in [5.74, 6) is 1.00. The lowest BCUT2D eigenvalue weighted by molar-refractivity contribution is -0.136. The number of nitrogens with zero attached hydrogens (tertiary/aromatic N) is 1. The highest BCUT2D eigenvalue weighted by Gasteiger charge is 2.34. The first kappa shape index (κ1) is 27.3. The van der Waals surface area contributed by atoms with Crippen LogP contribution < -0.4 is 4.74 Å². The van der Waals surface area contributed by atoms with Crippen LogP contribution in [0.25, 0.3) is 0 Å². The Bertz CT molecular complexity index is 924. The normalized spacial score (nSPS) is 18.5. The third-order valence-corrected chi connectivity index (χ3v) is 7.41. The first-order chi connectivity index (χ1) is 16.9. The SMILES string of the molecule is CCCCCCC(C)(C)c1ccc([C@H]2C[C@@H](O)CCN2C(=O)CCC)c(OCc2ccccc2)c1. The van der Waals surface area contributed by atoms with Crippen molar-refractivity contribution in [1.29, 1.82) is 0 Å². The maximum atomic E-state index is 13.0. The van der Waals surface area contributed by atoms with E-state index in [1.807, 2.05) is 30.0 Å². The zero-order chi connectivity index (χ0) is 25.3. The number of likely N-dealkylation sites (tertiary alicyclic amines) is 1. The lowest BCUT2D eigenvalue weighted by Gasteiger charge is -2.39. The highest BCUT2D eigenvalue weighted by molar-refractivity contribution is 5.77. The van der Waals surface area contributed by atoms with Gasteiger partial charge in [-0.25, -0.2) is 0 Å². The van der Waals surface area contributed by atoms with Gasteiger partial charge in [0, 0.05) is 18.5 Å². The lowest BCUT2D eigenvalue weighted by atomic mass is 9.79. The number of hydrogen-bond donors (Lipinski definition) is 1. The van der Waals surface area contributed by atoms with Gasteiger partial charge in [-0.3, -0.25) is 4.79 Å². The molecule has 1 aliphatic heterocycles. The number of hydrogen-bond acceptors (Lipinski definition) is 3. The van der Waals surface area contributed by atoms with Crippen molar-refractivity contribution in [3.63, 3.8) is 0 Å². The molecule has 0 spiro atoms.